The summed E-state index contributed by atoms with van der Waals surface area (Å²) >= 11 is 0. The summed E-state index contributed by atoms with van der Waals surface area (Å²) in [6, 6.07) is 16.3. The molecule has 0 radical (unpaired) electrons. The van der Waals surface area contributed by atoms with E-state index in [9.17, 15) is 9.59 Å². The number of amides is 1. The highest BCUT2D eigenvalue weighted by Gasteiger charge is 2.22. The molecule has 1 N–H and O–H groups in total. The molecule has 0 bridgehead atoms. The van der Waals surface area contributed by atoms with Crippen LogP contribution >= 0.6 is 0 Å². The molecule has 3 rings (SSSR count). The van der Waals surface area contributed by atoms with Crippen molar-refractivity contribution in [1.29, 1.82) is 0 Å². The first-order valence-corrected chi connectivity index (χ1v) is 10.1. The molecule has 0 fully saturated rings. The molecule has 0 saturated heterocycles. The number of rotatable bonds is 8. The van der Waals surface area contributed by atoms with E-state index in [1.807, 2.05) is 43.3 Å². The minimum Gasteiger partial charge on any atom is -0.343 e. The summed E-state index contributed by atoms with van der Waals surface area (Å²) in [6.07, 6.45) is 6.09. The summed E-state index contributed by atoms with van der Waals surface area (Å²) in [5, 5.41) is 2.85. The van der Waals surface area contributed by atoms with Crippen LogP contribution < -0.4 is 10.7 Å². The maximum Gasteiger partial charge on any atom is 0.261 e. The van der Waals surface area contributed by atoms with Gasteiger partial charge in [0.2, 0.25) is 0 Å². The van der Waals surface area contributed by atoms with Gasteiger partial charge in [-0.2, -0.15) is 0 Å². The van der Waals surface area contributed by atoms with Crippen LogP contribution in [0.5, 0.6) is 0 Å². The number of para-hydroxylation sites is 1. The molecular weight excluding hydrogens is 362 g/mol. The van der Waals surface area contributed by atoms with Crippen molar-refractivity contribution in [1.82, 2.24) is 9.55 Å². The molecule has 0 aliphatic heterocycles. The SMILES string of the molecule is CCCCCCn1c(C)cc(=O)c(C(=O)Nc2ccccc2)c1-c1ccccn1. The second kappa shape index (κ2) is 9.82. The van der Waals surface area contributed by atoms with Gasteiger partial charge in [-0.25, -0.2) is 0 Å². The number of carbonyl (C=O) groups excluding carboxylic acids is 1. The number of aryl methyl sites for hydroxylation is 1. The highest BCUT2D eigenvalue weighted by atomic mass is 16.2. The highest BCUT2D eigenvalue weighted by Crippen LogP contribution is 2.23. The Morgan fingerprint density at radius 1 is 1.03 bits per heavy atom. The van der Waals surface area contributed by atoms with Gasteiger partial charge < -0.3 is 9.88 Å². The maximum absolute atomic E-state index is 13.1. The van der Waals surface area contributed by atoms with E-state index in [1.165, 1.54) is 6.42 Å². The van der Waals surface area contributed by atoms with Crippen molar-refractivity contribution in [3.05, 3.63) is 82.3 Å². The van der Waals surface area contributed by atoms with Crippen molar-refractivity contribution < 1.29 is 4.79 Å². The lowest BCUT2D eigenvalue weighted by Crippen LogP contribution is -2.27. The van der Waals surface area contributed by atoms with Crippen LogP contribution in [0.4, 0.5) is 5.69 Å². The van der Waals surface area contributed by atoms with Crippen LogP contribution in [-0.4, -0.2) is 15.5 Å². The molecule has 0 aliphatic rings. The molecule has 0 aliphatic carbocycles. The molecular formula is C24H27N3O2. The number of unbranched alkanes of at least 4 members (excludes halogenated alkanes) is 3. The summed E-state index contributed by atoms with van der Waals surface area (Å²) in [5.74, 6) is -0.413. The van der Waals surface area contributed by atoms with Gasteiger partial charge in [0.1, 0.15) is 5.56 Å². The number of benzene rings is 1. The van der Waals surface area contributed by atoms with E-state index in [4.69, 9.17) is 0 Å². The van der Waals surface area contributed by atoms with Gasteiger partial charge in [0.15, 0.2) is 5.43 Å². The second-order valence-electron chi connectivity index (χ2n) is 7.12. The summed E-state index contributed by atoms with van der Waals surface area (Å²) in [7, 11) is 0. The third kappa shape index (κ3) is 4.99. The molecule has 3 aromatic rings. The lowest BCUT2D eigenvalue weighted by Gasteiger charge is -2.20. The van der Waals surface area contributed by atoms with Crippen molar-refractivity contribution >= 4 is 11.6 Å². The fraction of sp³-hybridized carbons (Fsp3) is 0.292. The van der Waals surface area contributed by atoms with Gasteiger partial charge in [0.25, 0.3) is 5.91 Å². The summed E-state index contributed by atoms with van der Waals surface area (Å²) in [5.41, 5.74) is 2.54. The Balaban J connectivity index is 2.08. The van der Waals surface area contributed by atoms with E-state index in [-0.39, 0.29) is 11.0 Å². The molecule has 0 unspecified atom stereocenters. The molecule has 0 atom stereocenters. The number of nitrogens with one attached hydrogen (secondary N) is 1. The molecule has 2 aromatic heterocycles. The van der Waals surface area contributed by atoms with Crippen molar-refractivity contribution in [3.63, 3.8) is 0 Å². The van der Waals surface area contributed by atoms with Gasteiger partial charge in [-0.1, -0.05) is 50.5 Å². The van der Waals surface area contributed by atoms with Gasteiger partial charge in [0.05, 0.1) is 11.4 Å². The lowest BCUT2D eigenvalue weighted by molar-refractivity contribution is 0.102. The fourth-order valence-electron chi connectivity index (χ4n) is 3.46. The molecule has 1 amide bonds. The Labute approximate surface area is 171 Å². The average molecular weight is 389 g/mol. The van der Waals surface area contributed by atoms with Crippen LogP contribution in [0.15, 0.2) is 65.6 Å². The van der Waals surface area contributed by atoms with E-state index in [1.54, 1.807) is 24.4 Å². The average Bonchev–Trinajstić information content (AvgIpc) is 2.73. The number of aromatic nitrogens is 2. The normalized spacial score (nSPS) is 10.7. The molecule has 29 heavy (non-hydrogen) atoms. The minimum absolute atomic E-state index is 0.133. The van der Waals surface area contributed by atoms with Gasteiger partial charge in [-0.3, -0.25) is 14.6 Å². The molecule has 5 heteroatoms. The van der Waals surface area contributed by atoms with Crippen LogP contribution in [-0.2, 0) is 6.54 Å². The minimum atomic E-state index is -0.413. The van der Waals surface area contributed by atoms with E-state index in [0.29, 0.717) is 17.1 Å². The van der Waals surface area contributed by atoms with Crippen molar-refractivity contribution in [2.24, 2.45) is 0 Å². The first kappa shape index (κ1) is 20.5. The van der Waals surface area contributed by atoms with E-state index >= 15 is 0 Å². The van der Waals surface area contributed by atoms with E-state index < -0.39 is 5.91 Å². The van der Waals surface area contributed by atoms with E-state index in [2.05, 4.69) is 21.8 Å². The Hall–Kier alpha value is -3.21. The highest BCUT2D eigenvalue weighted by molar-refractivity contribution is 6.07. The fourth-order valence-corrected chi connectivity index (χ4v) is 3.46. The number of hydrogen-bond acceptors (Lipinski definition) is 3. The largest absolute Gasteiger partial charge is 0.343 e. The van der Waals surface area contributed by atoms with E-state index in [0.717, 1.165) is 31.5 Å². The Morgan fingerprint density at radius 2 is 1.79 bits per heavy atom. The van der Waals surface area contributed by atoms with Crippen LogP contribution in [0.25, 0.3) is 11.4 Å². The van der Waals surface area contributed by atoms with Gasteiger partial charge in [-0.15, -0.1) is 0 Å². The second-order valence-corrected chi connectivity index (χ2v) is 7.12. The molecule has 5 nitrogen and oxygen atoms in total. The third-order valence-corrected chi connectivity index (χ3v) is 4.92. The molecule has 150 valence electrons. The number of nitrogens with zero attached hydrogens (tertiary/aromatic N) is 2. The number of hydrogen-bond donors (Lipinski definition) is 1. The monoisotopic (exact) mass is 389 g/mol. The first-order valence-electron chi connectivity index (χ1n) is 10.1. The molecule has 0 spiro atoms. The predicted octanol–water partition coefficient (Wildman–Crippen LogP) is 5.05. The number of pyridine rings is 2. The predicted molar refractivity (Wildman–Crippen MR) is 117 cm³/mol. The van der Waals surface area contributed by atoms with Crippen LogP contribution in [0.2, 0.25) is 0 Å². The topological polar surface area (TPSA) is 64.0 Å². The van der Waals surface area contributed by atoms with Gasteiger partial charge >= 0.3 is 0 Å². The zero-order valence-corrected chi connectivity index (χ0v) is 17.0. The summed E-state index contributed by atoms with van der Waals surface area (Å²) < 4.78 is 2.05. The smallest absolute Gasteiger partial charge is 0.261 e. The van der Waals surface area contributed by atoms with Gasteiger partial charge in [0, 0.05) is 30.2 Å². The molecule has 2 heterocycles. The van der Waals surface area contributed by atoms with Crippen molar-refractivity contribution in [3.8, 4) is 11.4 Å². The van der Waals surface area contributed by atoms with Crippen molar-refractivity contribution in [2.45, 2.75) is 46.1 Å². The zero-order chi connectivity index (χ0) is 20.6. The lowest BCUT2D eigenvalue weighted by atomic mass is 10.1. The molecule has 1 aromatic carbocycles. The van der Waals surface area contributed by atoms with Crippen LogP contribution in [0.3, 0.4) is 0 Å². The van der Waals surface area contributed by atoms with Gasteiger partial charge in [-0.05, 0) is 37.6 Å². The summed E-state index contributed by atoms with van der Waals surface area (Å²) in [4.78, 5) is 30.5. The zero-order valence-electron chi connectivity index (χ0n) is 17.0. The third-order valence-electron chi connectivity index (χ3n) is 4.92. The Morgan fingerprint density at radius 3 is 2.48 bits per heavy atom. The summed E-state index contributed by atoms with van der Waals surface area (Å²) in [6.45, 7) is 4.83. The number of carbonyl (C=O) groups is 1. The van der Waals surface area contributed by atoms with Crippen LogP contribution in [0, 0.1) is 6.92 Å². The van der Waals surface area contributed by atoms with Crippen molar-refractivity contribution in [2.75, 3.05) is 5.32 Å². The quantitative estimate of drug-likeness (QED) is 0.548. The maximum atomic E-state index is 13.1. The first-order chi connectivity index (χ1) is 14.1. The number of anilines is 1. The standard InChI is InChI=1S/C24H27N3O2/c1-3-4-5-11-16-27-18(2)17-21(28)22(23(27)20-14-9-10-15-25-20)24(29)26-19-12-7-6-8-13-19/h6-10,12-15,17H,3-5,11,16H2,1-2H3,(H,26,29). The Kier molecular flexibility index (Phi) is 6.95. The Bertz CT molecular complexity index is 1010. The molecule has 0 saturated carbocycles. The van der Waals surface area contributed by atoms with Crippen LogP contribution in [0.1, 0.15) is 48.7 Å².